The van der Waals surface area contributed by atoms with E-state index >= 15 is 0 Å². The first-order valence-corrected chi connectivity index (χ1v) is 11.1. The van der Waals surface area contributed by atoms with Crippen molar-refractivity contribution in [1.29, 1.82) is 0 Å². The van der Waals surface area contributed by atoms with E-state index < -0.39 is 0 Å². The molecule has 0 fully saturated rings. The Morgan fingerprint density at radius 3 is 2.32 bits per heavy atom. The Labute approximate surface area is 173 Å². The number of rotatable bonds is 8. The van der Waals surface area contributed by atoms with E-state index in [-0.39, 0.29) is 11.0 Å². The van der Waals surface area contributed by atoms with Gasteiger partial charge in [-0.25, -0.2) is 0 Å². The number of nitrogens with zero attached hydrogens (tertiary/aromatic N) is 1. The Kier molecular flexibility index (Phi) is 7.80. The maximum atomic E-state index is 6.64. The van der Waals surface area contributed by atoms with Crippen LogP contribution in [0.4, 0.5) is 0 Å². The quantitative estimate of drug-likeness (QED) is 0.465. The second kappa shape index (κ2) is 9.67. The van der Waals surface area contributed by atoms with E-state index in [0.29, 0.717) is 0 Å². The van der Waals surface area contributed by atoms with E-state index in [2.05, 4.69) is 77.3 Å². The van der Waals surface area contributed by atoms with Gasteiger partial charge < -0.3 is 9.64 Å². The van der Waals surface area contributed by atoms with Crippen LogP contribution in [0.25, 0.3) is 0 Å². The number of hydrogen-bond donors (Lipinski definition) is 0. The molecule has 0 bridgehead atoms. The van der Waals surface area contributed by atoms with E-state index in [4.69, 9.17) is 4.74 Å². The highest BCUT2D eigenvalue weighted by atomic mass is 16.5. The molecule has 1 unspecified atom stereocenters. The van der Waals surface area contributed by atoms with Crippen LogP contribution >= 0.6 is 0 Å². The van der Waals surface area contributed by atoms with Crippen LogP contribution in [0.2, 0.25) is 0 Å². The maximum Gasteiger partial charge on any atom is 0.117 e. The molecule has 0 aliphatic carbocycles. The fourth-order valence-electron chi connectivity index (χ4n) is 4.31. The predicted molar refractivity (Wildman–Crippen MR) is 121 cm³/mol. The van der Waals surface area contributed by atoms with Crippen molar-refractivity contribution in [2.75, 3.05) is 6.54 Å². The molecule has 1 aromatic carbocycles. The minimum atomic E-state index is -0.0199. The first-order chi connectivity index (χ1) is 13.2. The Morgan fingerprint density at radius 1 is 1.11 bits per heavy atom. The Balaban J connectivity index is 2.23. The smallest absolute Gasteiger partial charge is 0.117 e. The van der Waals surface area contributed by atoms with Crippen molar-refractivity contribution in [3.8, 4) is 0 Å². The van der Waals surface area contributed by atoms with E-state index in [1.807, 2.05) is 6.08 Å². The van der Waals surface area contributed by atoms with E-state index in [9.17, 15) is 0 Å². The molecule has 0 amide bonds. The summed E-state index contributed by atoms with van der Waals surface area (Å²) in [7, 11) is 0. The summed E-state index contributed by atoms with van der Waals surface area (Å²) in [6.07, 6.45) is 8.93. The fourth-order valence-corrected chi connectivity index (χ4v) is 4.31. The number of allylic oxidation sites excluding steroid dienone is 2. The lowest BCUT2D eigenvalue weighted by molar-refractivity contribution is -0.0179. The molecule has 2 heteroatoms. The summed E-state index contributed by atoms with van der Waals surface area (Å²) in [6.45, 7) is 19.5. The number of ether oxygens (including phenoxy) is 1. The van der Waals surface area contributed by atoms with Gasteiger partial charge in [-0.05, 0) is 48.8 Å². The lowest BCUT2D eigenvalue weighted by Crippen LogP contribution is -2.34. The molecule has 2 rings (SSSR count). The molecular weight excluding hydrogens is 342 g/mol. The summed E-state index contributed by atoms with van der Waals surface area (Å²) >= 11 is 0. The van der Waals surface area contributed by atoms with Gasteiger partial charge in [0.2, 0.25) is 0 Å². The molecule has 0 aromatic heterocycles. The van der Waals surface area contributed by atoms with Crippen LogP contribution in [0.5, 0.6) is 0 Å². The molecule has 0 spiro atoms. The molecule has 28 heavy (non-hydrogen) atoms. The fraction of sp³-hybridized carbons (Fsp3) is 0.615. The summed E-state index contributed by atoms with van der Waals surface area (Å²) in [5.41, 5.74) is 4.05. The van der Waals surface area contributed by atoms with Gasteiger partial charge in [0, 0.05) is 19.5 Å². The summed E-state index contributed by atoms with van der Waals surface area (Å²) in [5, 5.41) is 0. The molecule has 1 heterocycles. The third kappa shape index (κ3) is 5.65. The van der Waals surface area contributed by atoms with Crippen molar-refractivity contribution >= 4 is 0 Å². The molecule has 0 radical (unpaired) electrons. The Bertz CT molecular complexity index is 665. The summed E-state index contributed by atoms with van der Waals surface area (Å²) in [4.78, 5) is 2.46. The Morgan fingerprint density at radius 2 is 1.79 bits per heavy atom. The zero-order valence-corrected chi connectivity index (χ0v) is 19.1. The zero-order valence-electron chi connectivity index (χ0n) is 19.1. The minimum absolute atomic E-state index is 0.0199. The standard InChI is InChI=1S/C26H41NO/c1-8-11-17-26(16-9-2)18-19-27(24(10-3)21(4)28-26)20-22-12-14-23(15-13-22)25(5,6)7/h10,12-15H,3,8-9,11,16-20H2,1-2,4-7H3. The molecule has 1 aliphatic rings. The molecule has 0 N–H and O–H groups in total. The molecule has 2 nitrogen and oxygen atoms in total. The molecule has 1 aromatic rings. The highest BCUT2D eigenvalue weighted by Gasteiger charge is 2.34. The van der Waals surface area contributed by atoms with Crippen LogP contribution in [-0.2, 0) is 16.7 Å². The third-order valence-corrected chi connectivity index (χ3v) is 5.99. The van der Waals surface area contributed by atoms with Gasteiger partial charge in [0.05, 0.1) is 5.70 Å². The van der Waals surface area contributed by atoms with Crippen molar-refractivity contribution in [1.82, 2.24) is 4.90 Å². The first-order valence-electron chi connectivity index (χ1n) is 11.1. The van der Waals surface area contributed by atoms with Crippen LogP contribution in [0.1, 0.15) is 91.2 Å². The minimum Gasteiger partial charge on any atom is -0.490 e. The monoisotopic (exact) mass is 383 g/mol. The Hall–Kier alpha value is -1.70. The largest absolute Gasteiger partial charge is 0.490 e. The van der Waals surface area contributed by atoms with Crippen LogP contribution in [0.15, 0.2) is 48.4 Å². The van der Waals surface area contributed by atoms with Gasteiger partial charge >= 0.3 is 0 Å². The molecule has 0 saturated heterocycles. The van der Waals surface area contributed by atoms with Gasteiger partial charge in [0.25, 0.3) is 0 Å². The second-order valence-electron chi connectivity index (χ2n) is 9.40. The topological polar surface area (TPSA) is 12.5 Å². The maximum absolute atomic E-state index is 6.64. The summed E-state index contributed by atoms with van der Waals surface area (Å²) in [6, 6.07) is 9.10. The normalized spacial score (nSPS) is 20.7. The van der Waals surface area contributed by atoms with Crippen molar-refractivity contribution in [2.24, 2.45) is 0 Å². The predicted octanol–water partition coefficient (Wildman–Crippen LogP) is 7.35. The molecule has 1 atom stereocenters. The van der Waals surface area contributed by atoms with Gasteiger partial charge in [0.1, 0.15) is 11.4 Å². The molecule has 156 valence electrons. The van der Waals surface area contributed by atoms with Gasteiger partial charge in [-0.1, -0.05) is 78.3 Å². The van der Waals surface area contributed by atoms with E-state index in [1.165, 1.54) is 24.0 Å². The lowest BCUT2D eigenvalue weighted by Gasteiger charge is -2.34. The molecular formula is C26H41NO. The molecule has 0 saturated carbocycles. The van der Waals surface area contributed by atoms with Crippen LogP contribution in [-0.4, -0.2) is 17.0 Å². The van der Waals surface area contributed by atoms with Crippen LogP contribution in [0, 0.1) is 0 Å². The summed E-state index contributed by atoms with van der Waals surface area (Å²) in [5.74, 6) is 1.03. The third-order valence-electron chi connectivity index (χ3n) is 5.99. The van der Waals surface area contributed by atoms with Crippen molar-refractivity contribution in [3.63, 3.8) is 0 Å². The van der Waals surface area contributed by atoms with Gasteiger partial charge in [-0.2, -0.15) is 0 Å². The average molecular weight is 384 g/mol. The second-order valence-corrected chi connectivity index (χ2v) is 9.40. The SMILES string of the molecule is C=CC1=C(C)OC(CCC)(CCCC)CCN1Cc1ccc(C(C)(C)C)cc1. The molecule has 1 aliphatic heterocycles. The zero-order chi connectivity index (χ0) is 20.8. The summed E-state index contributed by atoms with van der Waals surface area (Å²) < 4.78 is 6.64. The van der Waals surface area contributed by atoms with Gasteiger partial charge in [-0.3, -0.25) is 0 Å². The van der Waals surface area contributed by atoms with Crippen molar-refractivity contribution in [2.45, 2.75) is 97.6 Å². The average Bonchev–Trinajstić information content (AvgIpc) is 2.76. The van der Waals surface area contributed by atoms with Crippen LogP contribution in [0.3, 0.4) is 0 Å². The highest BCUT2D eigenvalue weighted by molar-refractivity contribution is 5.29. The number of unbranched alkanes of at least 4 members (excludes halogenated alkanes) is 1. The van der Waals surface area contributed by atoms with Crippen LogP contribution < -0.4 is 0 Å². The highest BCUT2D eigenvalue weighted by Crippen LogP contribution is 2.36. The first kappa shape index (κ1) is 22.6. The number of hydrogen-bond acceptors (Lipinski definition) is 2. The van der Waals surface area contributed by atoms with Crippen molar-refractivity contribution < 1.29 is 4.74 Å². The number of benzene rings is 1. The lowest BCUT2D eigenvalue weighted by atomic mass is 9.86. The van der Waals surface area contributed by atoms with Gasteiger partial charge in [0.15, 0.2) is 0 Å². The van der Waals surface area contributed by atoms with E-state index in [0.717, 1.165) is 50.2 Å². The van der Waals surface area contributed by atoms with Gasteiger partial charge in [-0.15, -0.1) is 0 Å². The van der Waals surface area contributed by atoms with Crippen molar-refractivity contribution in [3.05, 3.63) is 59.5 Å². The van der Waals surface area contributed by atoms with E-state index in [1.54, 1.807) is 0 Å².